The smallest absolute Gasteiger partial charge is 0.124 e. The Morgan fingerprint density at radius 1 is 1.05 bits per heavy atom. The van der Waals surface area contributed by atoms with Crippen LogP contribution in [0, 0.1) is 13.8 Å². The van der Waals surface area contributed by atoms with Crippen LogP contribution in [0.2, 0.25) is 0 Å². The molecular formula is C18H18N2S. The van der Waals surface area contributed by atoms with E-state index in [9.17, 15) is 0 Å². The van der Waals surface area contributed by atoms with Crippen molar-refractivity contribution in [2.45, 2.75) is 20.4 Å². The fourth-order valence-electron chi connectivity index (χ4n) is 2.53. The standard InChI is InChI=1S/C18H18N2S/c1-12-7-8-15(13(2)9-12)17-11-21-18(20-17)16-6-4-3-5-14(16)10-19/h3-9,11H,10,19H2,1-2H3. The van der Waals surface area contributed by atoms with Crippen LogP contribution >= 0.6 is 11.3 Å². The molecule has 2 N–H and O–H groups in total. The molecule has 0 saturated carbocycles. The Balaban J connectivity index is 2.04. The molecule has 0 saturated heterocycles. The second-order valence-corrected chi connectivity index (χ2v) is 6.08. The minimum atomic E-state index is 0.536. The largest absolute Gasteiger partial charge is 0.326 e. The summed E-state index contributed by atoms with van der Waals surface area (Å²) in [5.41, 5.74) is 12.9. The molecule has 0 aliphatic carbocycles. The van der Waals surface area contributed by atoms with Gasteiger partial charge < -0.3 is 5.73 Å². The highest BCUT2D eigenvalue weighted by Crippen LogP contribution is 2.32. The monoisotopic (exact) mass is 294 g/mol. The van der Waals surface area contributed by atoms with Crippen molar-refractivity contribution in [1.29, 1.82) is 0 Å². The molecule has 0 aliphatic heterocycles. The van der Waals surface area contributed by atoms with E-state index in [0.29, 0.717) is 6.54 Å². The average Bonchev–Trinajstić information content (AvgIpc) is 2.96. The third-order valence-electron chi connectivity index (χ3n) is 3.63. The molecule has 21 heavy (non-hydrogen) atoms. The first-order valence-electron chi connectivity index (χ1n) is 7.00. The van der Waals surface area contributed by atoms with Crippen molar-refractivity contribution in [3.63, 3.8) is 0 Å². The molecular weight excluding hydrogens is 276 g/mol. The van der Waals surface area contributed by atoms with Crippen molar-refractivity contribution in [3.8, 4) is 21.8 Å². The lowest BCUT2D eigenvalue weighted by atomic mass is 10.0. The predicted molar refractivity (Wildman–Crippen MR) is 90.4 cm³/mol. The van der Waals surface area contributed by atoms with E-state index >= 15 is 0 Å². The fraction of sp³-hybridized carbons (Fsp3) is 0.167. The SMILES string of the molecule is Cc1ccc(-c2csc(-c3ccccc3CN)n2)c(C)c1. The van der Waals surface area contributed by atoms with Crippen molar-refractivity contribution in [3.05, 3.63) is 64.5 Å². The third-order valence-corrected chi connectivity index (χ3v) is 4.51. The van der Waals surface area contributed by atoms with Gasteiger partial charge in [-0.3, -0.25) is 0 Å². The maximum atomic E-state index is 5.82. The molecule has 0 atom stereocenters. The number of thiazole rings is 1. The summed E-state index contributed by atoms with van der Waals surface area (Å²) in [6.45, 7) is 4.78. The van der Waals surface area contributed by atoms with Gasteiger partial charge in [0.15, 0.2) is 0 Å². The molecule has 0 fully saturated rings. The van der Waals surface area contributed by atoms with Gasteiger partial charge in [-0.15, -0.1) is 11.3 Å². The van der Waals surface area contributed by atoms with E-state index in [2.05, 4.69) is 49.6 Å². The molecule has 3 aromatic rings. The maximum absolute atomic E-state index is 5.82. The van der Waals surface area contributed by atoms with Gasteiger partial charge in [0, 0.05) is 23.1 Å². The van der Waals surface area contributed by atoms with Crippen LogP contribution in [0.15, 0.2) is 47.8 Å². The molecule has 0 bridgehead atoms. The molecule has 0 spiro atoms. The number of hydrogen-bond donors (Lipinski definition) is 1. The van der Waals surface area contributed by atoms with E-state index in [0.717, 1.165) is 21.8 Å². The second kappa shape index (κ2) is 5.80. The van der Waals surface area contributed by atoms with Gasteiger partial charge in [0.05, 0.1) is 5.69 Å². The highest BCUT2D eigenvalue weighted by molar-refractivity contribution is 7.13. The first-order valence-corrected chi connectivity index (χ1v) is 7.88. The Morgan fingerprint density at radius 3 is 2.62 bits per heavy atom. The number of benzene rings is 2. The molecule has 1 heterocycles. The van der Waals surface area contributed by atoms with Crippen molar-refractivity contribution in [1.82, 2.24) is 4.98 Å². The van der Waals surface area contributed by atoms with Gasteiger partial charge in [-0.05, 0) is 25.0 Å². The molecule has 3 heteroatoms. The van der Waals surface area contributed by atoms with Crippen LogP contribution in [0.4, 0.5) is 0 Å². The zero-order valence-electron chi connectivity index (χ0n) is 12.3. The molecule has 3 rings (SSSR count). The van der Waals surface area contributed by atoms with E-state index in [1.807, 2.05) is 12.1 Å². The van der Waals surface area contributed by atoms with Gasteiger partial charge in [0.25, 0.3) is 0 Å². The van der Waals surface area contributed by atoms with Gasteiger partial charge >= 0.3 is 0 Å². The van der Waals surface area contributed by atoms with Crippen molar-refractivity contribution in [2.75, 3.05) is 0 Å². The van der Waals surface area contributed by atoms with Crippen LogP contribution in [0.5, 0.6) is 0 Å². The average molecular weight is 294 g/mol. The molecule has 0 unspecified atom stereocenters. The van der Waals surface area contributed by atoms with E-state index in [1.54, 1.807) is 11.3 Å². The number of rotatable bonds is 3. The topological polar surface area (TPSA) is 38.9 Å². The minimum absolute atomic E-state index is 0.536. The van der Waals surface area contributed by atoms with Gasteiger partial charge in [-0.25, -0.2) is 4.98 Å². The zero-order chi connectivity index (χ0) is 14.8. The highest BCUT2D eigenvalue weighted by Gasteiger charge is 2.11. The Labute approximate surface area is 129 Å². The van der Waals surface area contributed by atoms with Crippen LogP contribution in [0.25, 0.3) is 21.8 Å². The summed E-state index contributed by atoms with van der Waals surface area (Å²) in [6, 6.07) is 14.7. The Kier molecular flexibility index (Phi) is 3.86. The normalized spacial score (nSPS) is 10.8. The van der Waals surface area contributed by atoms with Crippen LogP contribution in [0.1, 0.15) is 16.7 Å². The van der Waals surface area contributed by atoms with Crippen LogP contribution in [-0.4, -0.2) is 4.98 Å². The van der Waals surface area contributed by atoms with Crippen molar-refractivity contribution >= 4 is 11.3 Å². The number of nitrogens with two attached hydrogens (primary N) is 1. The zero-order valence-corrected chi connectivity index (χ0v) is 13.1. The van der Waals surface area contributed by atoms with E-state index < -0.39 is 0 Å². The molecule has 0 aliphatic rings. The number of aryl methyl sites for hydroxylation is 2. The fourth-order valence-corrected chi connectivity index (χ4v) is 3.41. The van der Waals surface area contributed by atoms with Crippen molar-refractivity contribution in [2.24, 2.45) is 5.73 Å². The minimum Gasteiger partial charge on any atom is -0.326 e. The first-order chi connectivity index (χ1) is 10.2. The molecule has 2 nitrogen and oxygen atoms in total. The summed E-state index contributed by atoms with van der Waals surface area (Å²) in [5, 5.41) is 3.16. The van der Waals surface area contributed by atoms with Gasteiger partial charge in [-0.2, -0.15) is 0 Å². The van der Waals surface area contributed by atoms with E-state index in [1.165, 1.54) is 16.7 Å². The Bertz CT molecular complexity index is 774. The van der Waals surface area contributed by atoms with Gasteiger partial charge in [0.2, 0.25) is 0 Å². The summed E-state index contributed by atoms with van der Waals surface area (Å²) in [5.74, 6) is 0. The molecule has 1 aromatic heterocycles. The quantitative estimate of drug-likeness (QED) is 0.769. The Hall–Kier alpha value is -1.97. The second-order valence-electron chi connectivity index (χ2n) is 5.22. The first kappa shape index (κ1) is 14.0. The van der Waals surface area contributed by atoms with Gasteiger partial charge in [-0.1, -0.05) is 48.0 Å². The summed E-state index contributed by atoms with van der Waals surface area (Å²) < 4.78 is 0. The predicted octanol–water partition coefficient (Wildman–Crippen LogP) is 4.55. The van der Waals surface area contributed by atoms with E-state index in [-0.39, 0.29) is 0 Å². The summed E-state index contributed by atoms with van der Waals surface area (Å²) in [6.07, 6.45) is 0. The molecule has 0 radical (unpaired) electrons. The summed E-state index contributed by atoms with van der Waals surface area (Å²) in [7, 11) is 0. The maximum Gasteiger partial charge on any atom is 0.124 e. The lowest BCUT2D eigenvalue weighted by molar-refractivity contribution is 1.07. The summed E-state index contributed by atoms with van der Waals surface area (Å²) >= 11 is 1.67. The van der Waals surface area contributed by atoms with E-state index in [4.69, 9.17) is 10.7 Å². The molecule has 0 amide bonds. The third kappa shape index (κ3) is 2.75. The van der Waals surface area contributed by atoms with Crippen LogP contribution < -0.4 is 5.73 Å². The number of hydrogen-bond acceptors (Lipinski definition) is 3. The highest BCUT2D eigenvalue weighted by atomic mass is 32.1. The summed E-state index contributed by atoms with van der Waals surface area (Å²) in [4.78, 5) is 4.81. The van der Waals surface area contributed by atoms with Crippen LogP contribution in [0.3, 0.4) is 0 Å². The van der Waals surface area contributed by atoms with Crippen molar-refractivity contribution < 1.29 is 0 Å². The Morgan fingerprint density at radius 2 is 1.86 bits per heavy atom. The lowest BCUT2D eigenvalue weighted by Crippen LogP contribution is -1.98. The number of nitrogens with zero attached hydrogens (tertiary/aromatic N) is 1. The van der Waals surface area contributed by atoms with Crippen LogP contribution in [-0.2, 0) is 6.54 Å². The lowest BCUT2D eigenvalue weighted by Gasteiger charge is -2.05. The molecule has 2 aromatic carbocycles. The molecule has 106 valence electrons. The van der Waals surface area contributed by atoms with Gasteiger partial charge in [0.1, 0.15) is 5.01 Å². The number of aromatic nitrogens is 1.